The number of hydrogen-bond acceptors (Lipinski definition) is 1. The third kappa shape index (κ3) is 3.05. The van der Waals surface area contributed by atoms with Crippen LogP contribution >= 0.6 is 0 Å². The predicted octanol–water partition coefficient (Wildman–Crippen LogP) is 0.880. The van der Waals surface area contributed by atoms with Crippen LogP contribution in [0.5, 0.6) is 0 Å². The van der Waals surface area contributed by atoms with E-state index >= 15 is 0 Å². The summed E-state index contributed by atoms with van der Waals surface area (Å²) < 4.78 is 5.65. The average Bonchev–Trinajstić information content (AvgIpc) is 2.68. The summed E-state index contributed by atoms with van der Waals surface area (Å²) in [7, 11) is 0. The molecule has 0 aromatic heterocycles. The quantitative estimate of drug-likeness (QED) is 0.772. The molecule has 0 radical (unpaired) electrons. The number of nitrogens with one attached hydrogen (secondary N) is 1. The first-order valence-corrected chi connectivity index (χ1v) is 5.87. The van der Waals surface area contributed by atoms with Crippen LogP contribution in [-0.4, -0.2) is 25.8 Å². The van der Waals surface area contributed by atoms with Crippen LogP contribution in [0.3, 0.4) is 0 Å². The van der Waals surface area contributed by atoms with Crippen molar-refractivity contribution in [2.24, 2.45) is 0 Å². The molecule has 1 N–H and O–H groups in total. The molecule has 1 saturated heterocycles. The van der Waals surface area contributed by atoms with E-state index in [2.05, 4.69) is 37.3 Å². The minimum Gasteiger partial charge on any atom is -0.372 e. The molecule has 1 fully saturated rings. The van der Waals surface area contributed by atoms with Gasteiger partial charge in [-0.2, -0.15) is 0 Å². The van der Waals surface area contributed by atoms with Crippen molar-refractivity contribution in [2.75, 3.05) is 19.7 Å². The van der Waals surface area contributed by atoms with Crippen molar-refractivity contribution in [1.29, 1.82) is 0 Å². The third-order valence-electron chi connectivity index (χ3n) is 3.04. The highest BCUT2D eigenvalue weighted by molar-refractivity contribution is 5.13. The molecule has 0 spiro atoms. The minimum absolute atomic E-state index is 0.494. The molecule has 2 nitrogen and oxygen atoms in total. The lowest BCUT2D eigenvalue weighted by molar-refractivity contribution is -0.902. The zero-order valence-electron chi connectivity index (χ0n) is 9.41. The molecular weight excluding hydrogens is 186 g/mol. The Hall–Kier alpha value is -0.860. The fourth-order valence-corrected chi connectivity index (χ4v) is 2.31. The normalized spacial score (nSPS) is 25.7. The Bertz CT molecular complexity index is 286. The van der Waals surface area contributed by atoms with Gasteiger partial charge in [-0.05, 0) is 6.92 Å². The highest BCUT2D eigenvalue weighted by atomic mass is 16.5. The summed E-state index contributed by atoms with van der Waals surface area (Å²) in [6.07, 6.45) is 1.71. The van der Waals surface area contributed by atoms with E-state index in [0.717, 1.165) is 13.2 Å². The van der Waals surface area contributed by atoms with Crippen molar-refractivity contribution in [3.8, 4) is 0 Å². The average molecular weight is 206 g/mol. The van der Waals surface area contributed by atoms with E-state index in [1.807, 2.05) is 0 Å². The number of quaternary nitrogens is 1. The Balaban J connectivity index is 1.82. The van der Waals surface area contributed by atoms with E-state index in [1.54, 1.807) is 4.90 Å². The maximum atomic E-state index is 5.65. The van der Waals surface area contributed by atoms with Gasteiger partial charge >= 0.3 is 0 Å². The van der Waals surface area contributed by atoms with E-state index in [0.29, 0.717) is 6.10 Å². The second-order valence-corrected chi connectivity index (χ2v) is 4.23. The minimum atomic E-state index is 0.494. The summed E-state index contributed by atoms with van der Waals surface area (Å²) in [6, 6.07) is 10.7. The van der Waals surface area contributed by atoms with Crippen LogP contribution in [0.15, 0.2) is 30.3 Å². The van der Waals surface area contributed by atoms with Crippen LogP contribution in [0, 0.1) is 0 Å². The summed E-state index contributed by atoms with van der Waals surface area (Å²) in [6.45, 7) is 6.49. The van der Waals surface area contributed by atoms with Gasteiger partial charge in [0.2, 0.25) is 0 Å². The van der Waals surface area contributed by atoms with Gasteiger partial charge in [-0.3, -0.25) is 0 Å². The van der Waals surface area contributed by atoms with Crippen LogP contribution in [0.1, 0.15) is 18.9 Å². The van der Waals surface area contributed by atoms with Gasteiger partial charge in [0.1, 0.15) is 19.2 Å². The van der Waals surface area contributed by atoms with Crippen LogP contribution < -0.4 is 4.90 Å². The third-order valence-corrected chi connectivity index (χ3v) is 3.04. The van der Waals surface area contributed by atoms with Crippen molar-refractivity contribution in [3.63, 3.8) is 0 Å². The van der Waals surface area contributed by atoms with Gasteiger partial charge in [0, 0.05) is 18.6 Å². The highest BCUT2D eigenvalue weighted by Gasteiger charge is 2.26. The summed E-state index contributed by atoms with van der Waals surface area (Å²) in [5.41, 5.74) is 1.43. The van der Waals surface area contributed by atoms with Crippen LogP contribution in [0.25, 0.3) is 0 Å². The molecule has 2 heteroatoms. The molecular formula is C13H20NO+. The van der Waals surface area contributed by atoms with Gasteiger partial charge < -0.3 is 9.64 Å². The van der Waals surface area contributed by atoms with E-state index in [4.69, 9.17) is 4.74 Å². The maximum Gasteiger partial charge on any atom is 0.112 e. The van der Waals surface area contributed by atoms with Gasteiger partial charge in [0.25, 0.3) is 0 Å². The molecule has 0 amide bonds. The van der Waals surface area contributed by atoms with Crippen LogP contribution in [0.2, 0.25) is 0 Å². The molecule has 1 unspecified atom stereocenters. The van der Waals surface area contributed by atoms with Crippen molar-refractivity contribution in [2.45, 2.75) is 26.0 Å². The lowest BCUT2D eigenvalue weighted by atomic mass is 10.2. The Labute approximate surface area is 91.9 Å². The first-order chi connectivity index (χ1) is 7.38. The Morgan fingerprint density at radius 3 is 2.87 bits per heavy atom. The largest absolute Gasteiger partial charge is 0.372 e. The van der Waals surface area contributed by atoms with E-state index < -0.39 is 0 Å². The van der Waals surface area contributed by atoms with Gasteiger partial charge in [-0.25, -0.2) is 0 Å². The second-order valence-electron chi connectivity index (χ2n) is 4.23. The van der Waals surface area contributed by atoms with Gasteiger partial charge in [-0.1, -0.05) is 30.3 Å². The van der Waals surface area contributed by atoms with E-state index in [1.165, 1.54) is 25.1 Å². The maximum absolute atomic E-state index is 5.65. The summed E-state index contributed by atoms with van der Waals surface area (Å²) in [4.78, 5) is 1.65. The molecule has 82 valence electrons. The van der Waals surface area contributed by atoms with E-state index in [-0.39, 0.29) is 0 Å². The monoisotopic (exact) mass is 206 g/mol. The first-order valence-electron chi connectivity index (χ1n) is 5.87. The predicted molar refractivity (Wildman–Crippen MR) is 60.9 cm³/mol. The van der Waals surface area contributed by atoms with Crippen molar-refractivity contribution in [3.05, 3.63) is 35.9 Å². The summed E-state index contributed by atoms with van der Waals surface area (Å²) >= 11 is 0. The topological polar surface area (TPSA) is 13.7 Å². The number of rotatable bonds is 4. The fourth-order valence-electron chi connectivity index (χ4n) is 2.31. The Morgan fingerprint density at radius 2 is 2.13 bits per heavy atom. The van der Waals surface area contributed by atoms with Crippen molar-refractivity contribution in [1.82, 2.24) is 0 Å². The first kappa shape index (κ1) is 10.7. The number of benzene rings is 1. The molecule has 1 heterocycles. The fraction of sp³-hybridized carbons (Fsp3) is 0.538. The SMILES string of the molecule is CCO[C@@H]1CC[NH+](Cc2ccccc2)C1. The van der Waals surface area contributed by atoms with Crippen molar-refractivity contribution < 1.29 is 9.64 Å². The number of ether oxygens (including phenoxy) is 1. The van der Waals surface area contributed by atoms with Crippen molar-refractivity contribution >= 4 is 0 Å². The van der Waals surface area contributed by atoms with E-state index in [9.17, 15) is 0 Å². The summed E-state index contributed by atoms with van der Waals surface area (Å²) in [5, 5.41) is 0. The van der Waals surface area contributed by atoms with Gasteiger partial charge in [0.05, 0.1) is 6.54 Å². The Kier molecular flexibility index (Phi) is 3.75. The zero-order chi connectivity index (χ0) is 10.5. The second kappa shape index (κ2) is 5.29. The Morgan fingerprint density at radius 1 is 1.33 bits per heavy atom. The zero-order valence-corrected chi connectivity index (χ0v) is 9.41. The van der Waals surface area contributed by atoms with Crippen LogP contribution in [0.4, 0.5) is 0 Å². The molecule has 0 aliphatic carbocycles. The molecule has 1 aliphatic heterocycles. The summed E-state index contributed by atoms with van der Waals surface area (Å²) in [5.74, 6) is 0. The lowest BCUT2D eigenvalue weighted by Crippen LogP contribution is -3.09. The molecule has 1 aromatic carbocycles. The number of likely N-dealkylation sites (tertiary alicyclic amines) is 1. The molecule has 1 aliphatic rings. The highest BCUT2D eigenvalue weighted by Crippen LogP contribution is 2.01. The lowest BCUT2D eigenvalue weighted by Gasteiger charge is -2.13. The molecule has 1 aromatic rings. The molecule has 2 rings (SSSR count). The smallest absolute Gasteiger partial charge is 0.112 e. The van der Waals surface area contributed by atoms with Gasteiger partial charge in [-0.15, -0.1) is 0 Å². The molecule has 0 saturated carbocycles. The standard InChI is InChI=1S/C13H19NO/c1-2-15-13-8-9-14(11-13)10-12-6-4-3-5-7-12/h3-7,13H,2,8-11H2,1H3/p+1/t13-/m1/s1. The molecule has 15 heavy (non-hydrogen) atoms. The van der Waals surface area contributed by atoms with Crippen LogP contribution in [-0.2, 0) is 11.3 Å². The number of hydrogen-bond donors (Lipinski definition) is 1. The van der Waals surface area contributed by atoms with Gasteiger partial charge in [0.15, 0.2) is 0 Å². The molecule has 0 bridgehead atoms. The molecule has 2 atom stereocenters.